The monoisotopic (exact) mass is 313 g/mol. The molecular weight excluding hydrogens is 290 g/mol. The average molecular weight is 314 g/mol. The van der Waals surface area contributed by atoms with E-state index in [0.717, 1.165) is 25.9 Å². The van der Waals surface area contributed by atoms with Crippen LogP contribution < -0.4 is 5.32 Å². The van der Waals surface area contributed by atoms with Gasteiger partial charge in [0.05, 0.1) is 15.9 Å². The van der Waals surface area contributed by atoms with Crippen LogP contribution in [0, 0.1) is 5.41 Å². The van der Waals surface area contributed by atoms with Crippen LogP contribution in [0.25, 0.3) is 0 Å². The molecule has 1 N–H and O–H groups in total. The summed E-state index contributed by atoms with van der Waals surface area (Å²) in [6.45, 7) is 6.43. The van der Waals surface area contributed by atoms with E-state index in [2.05, 4.69) is 46.8 Å². The van der Waals surface area contributed by atoms with Crippen LogP contribution in [0.3, 0.4) is 0 Å². The molecule has 1 saturated carbocycles. The summed E-state index contributed by atoms with van der Waals surface area (Å²) in [5.41, 5.74) is 3.06. The van der Waals surface area contributed by atoms with Gasteiger partial charge in [0.25, 0.3) is 0 Å². The van der Waals surface area contributed by atoms with Crippen LogP contribution >= 0.6 is 15.9 Å². The highest BCUT2D eigenvalue weighted by Crippen LogP contribution is 2.44. The summed E-state index contributed by atoms with van der Waals surface area (Å²) in [5, 5.41) is 8.06. The van der Waals surface area contributed by atoms with E-state index < -0.39 is 0 Å². The van der Waals surface area contributed by atoms with Crippen molar-refractivity contribution >= 4 is 15.9 Å². The minimum Gasteiger partial charge on any atom is -0.319 e. The number of nitrogens with zero attached hydrogens (tertiary/aromatic N) is 2. The van der Waals surface area contributed by atoms with E-state index in [1.807, 2.05) is 0 Å². The molecule has 102 valence electrons. The summed E-state index contributed by atoms with van der Waals surface area (Å²) in [6, 6.07) is 0. The molecule has 3 nitrogen and oxygen atoms in total. The SMILES string of the molecule is CCc1nn(CC)c(CC2(CNC)CCC2)c1Br. The Morgan fingerprint density at radius 1 is 1.39 bits per heavy atom. The van der Waals surface area contributed by atoms with Gasteiger partial charge in [0, 0.05) is 13.1 Å². The number of hydrogen-bond donors (Lipinski definition) is 1. The van der Waals surface area contributed by atoms with Crippen LogP contribution in [0.2, 0.25) is 0 Å². The van der Waals surface area contributed by atoms with Gasteiger partial charge in [0.1, 0.15) is 0 Å². The molecule has 0 amide bonds. The zero-order valence-electron chi connectivity index (χ0n) is 11.7. The predicted molar refractivity (Wildman–Crippen MR) is 78.9 cm³/mol. The molecule has 0 aliphatic heterocycles. The van der Waals surface area contributed by atoms with Crippen LogP contribution in [0.15, 0.2) is 4.47 Å². The third-order valence-corrected chi connectivity index (χ3v) is 5.12. The molecule has 0 saturated heterocycles. The Bertz CT molecular complexity index is 407. The highest BCUT2D eigenvalue weighted by molar-refractivity contribution is 9.10. The Balaban J connectivity index is 2.24. The van der Waals surface area contributed by atoms with Crippen LogP contribution in [-0.4, -0.2) is 23.4 Å². The molecule has 2 rings (SSSR count). The first kappa shape index (κ1) is 14.1. The zero-order valence-corrected chi connectivity index (χ0v) is 13.3. The van der Waals surface area contributed by atoms with Gasteiger partial charge >= 0.3 is 0 Å². The molecule has 1 aliphatic rings. The van der Waals surface area contributed by atoms with Crippen molar-refractivity contribution in [3.05, 3.63) is 15.9 Å². The lowest BCUT2D eigenvalue weighted by Crippen LogP contribution is -2.41. The van der Waals surface area contributed by atoms with Gasteiger partial charge in [0.2, 0.25) is 0 Å². The minimum absolute atomic E-state index is 0.467. The van der Waals surface area contributed by atoms with E-state index in [9.17, 15) is 0 Å². The summed E-state index contributed by atoms with van der Waals surface area (Å²) >= 11 is 3.76. The lowest BCUT2D eigenvalue weighted by Gasteiger charge is -2.42. The van der Waals surface area contributed by atoms with Gasteiger partial charge in [-0.25, -0.2) is 0 Å². The van der Waals surface area contributed by atoms with Crippen LogP contribution in [-0.2, 0) is 19.4 Å². The largest absolute Gasteiger partial charge is 0.319 e. The highest BCUT2D eigenvalue weighted by Gasteiger charge is 2.38. The smallest absolute Gasteiger partial charge is 0.0766 e. The average Bonchev–Trinajstić information content (AvgIpc) is 2.63. The van der Waals surface area contributed by atoms with Gasteiger partial charge < -0.3 is 5.32 Å². The summed E-state index contributed by atoms with van der Waals surface area (Å²) in [4.78, 5) is 0. The van der Waals surface area contributed by atoms with E-state index in [-0.39, 0.29) is 0 Å². The van der Waals surface area contributed by atoms with Gasteiger partial charge in [-0.1, -0.05) is 13.3 Å². The Kier molecular flexibility index (Phi) is 4.49. The van der Waals surface area contributed by atoms with Crippen molar-refractivity contribution in [3.63, 3.8) is 0 Å². The first-order valence-corrected chi connectivity index (χ1v) is 7.83. The molecule has 1 fully saturated rings. The van der Waals surface area contributed by atoms with Crippen molar-refractivity contribution in [1.29, 1.82) is 0 Å². The van der Waals surface area contributed by atoms with E-state index in [0.29, 0.717) is 5.41 Å². The number of aryl methyl sites for hydroxylation is 2. The lowest BCUT2D eigenvalue weighted by atomic mass is 9.66. The second kappa shape index (κ2) is 5.74. The van der Waals surface area contributed by atoms with Crippen molar-refractivity contribution in [2.24, 2.45) is 5.41 Å². The minimum atomic E-state index is 0.467. The molecule has 0 radical (unpaired) electrons. The second-order valence-electron chi connectivity index (χ2n) is 5.44. The standard InChI is InChI=1S/C14H24BrN3/c1-4-11-13(15)12(18(5-2)17-11)9-14(10-16-3)7-6-8-14/h16H,4-10H2,1-3H3. The maximum absolute atomic E-state index is 4.70. The van der Waals surface area contributed by atoms with E-state index in [4.69, 9.17) is 5.10 Å². The molecule has 1 aliphatic carbocycles. The fourth-order valence-corrected chi connectivity index (χ4v) is 3.71. The van der Waals surface area contributed by atoms with E-state index in [1.54, 1.807) is 0 Å². The molecule has 1 aromatic heterocycles. The topological polar surface area (TPSA) is 29.9 Å². The zero-order chi connectivity index (χ0) is 13.2. The Morgan fingerprint density at radius 2 is 2.11 bits per heavy atom. The lowest BCUT2D eigenvalue weighted by molar-refractivity contribution is 0.130. The van der Waals surface area contributed by atoms with E-state index in [1.165, 1.54) is 35.1 Å². The molecule has 0 atom stereocenters. The molecule has 4 heteroatoms. The first-order chi connectivity index (χ1) is 8.65. The third-order valence-electron chi connectivity index (χ3n) is 4.20. The Morgan fingerprint density at radius 3 is 2.56 bits per heavy atom. The summed E-state index contributed by atoms with van der Waals surface area (Å²) < 4.78 is 3.42. The van der Waals surface area contributed by atoms with Gasteiger partial charge in [-0.3, -0.25) is 4.68 Å². The van der Waals surface area contributed by atoms with Crippen molar-refractivity contribution in [1.82, 2.24) is 15.1 Å². The maximum Gasteiger partial charge on any atom is 0.0766 e. The fourth-order valence-electron chi connectivity index (χ4n) is 3.01. The van der Waals surface area contributed by atoms with Crippen LogP contribution in [0.5, 0.6) is 0 Å². The molecule has 0 spiro atoms. The number of halogens is 1. The quantitative estimate of drug-likeness (QED) is 0.874. The van der Waals surface area contributed by atoms with Gasteiger partial charge in [0.15, 0.2) is 0 Å². The normalized spacial score (nSPS) is 17.8. The summed E-state index contributed by atoms with van der Waals surface area (Å²) in [7, 11) is 2.06. The molecule has 0 aromatic carbocycles. The maximum atomic E-state index is 4.70. The van der Waals surface area contributed by atoms with Crippen molar-refractivity contribution < 1.29 is 0 Å². The van der Waals surface area contributed by atoms with Crippen molar-refractivity contribution in [2.45, 2.75) is 52.5 Å². The van der Waals surface area contributed by atoms with Gasteiger partial charge in [-0.05, 0) is 61.0 Å². The van der Waals surface area contributed by atoms with Crippen molar-refractivity contribution in [2.75, 3.05) is 13.6 Å². The van der Waals surface area contributed by atoms with Gasteiger partial charge in [-0.2, -0.15) is 5.10 Å². The van der Waals surface area contributed by atoms with Crippen molar-refractivity contribution in [3.8, 4) is 0 Å². The van der Waals surface area contributed by atoms with Crippen LogP contribution in [0.4, 0.5) is 0 Å². The molecule has 18 heavy (non-hydrogen) atoms. The Labute approximate surface area is 118 Å². The number of rotatable bonds is 6. The molecular formula is C14H24BrN3. The third kappa shape index (κ3) is 2.50. The first-order valence-electron chi connectivity index (χ1n) is 7.04. The molecule has 1 heterocycles. The number of hydrogen-bond acceptors (Lipinski definition) is 2. The molecule has 0 unspecified atom stereocenters. The van der Waals surface area contributed by atoms with Gasteiger partial charge in [-0.15, -0.1) is 0 Å². The van der Waals surface area contributed by atoms with E-state index >= 15 is 0 Å². The predicted octanol–water partition coefficient (Wildman–Crippen LogP) is 3.16. The second-order valence-corrected chi connectivity index (χ2v) is 6.23. The molecule has 0 bridgehead atoms. The number of aromatic nitrogens is 2. The summed E-state index contributed by atoms with van der Waals surface area (Å²) in [6.07, 6.45) is 6.21. The fraction of sp³-hybridized carbons (Fsp3) is 0.786. The van der Waals surface area contributed by atoms with Crippen LogP contribution in [0.1, 0.15) is 44.5 Å². The highest BCUT2D eigenvalue weighted by atomic mass is 79.9. The number of nitrogens with one attached hydrogen (secondary N) is 1. The molecule has 1 aromatic rings. The Hall–Kier alpha value is -0.350. The summed E-state index contributed by atoms with van der Waals surface area (Å²) in [5.74, 6) is 0.